The number of nitrogens with one attached hydrogen (secondary N) is 2. The number of pyridine rings is 1. The summed E-state index contributed by atoms with van der Waals surface area (Å²) < 4.78 is 0. The summed E-state index contributed by atoms with van der Waals surface area (Å²) in [6.45, 7) is 5.58. The number of carbonyl (C=O) groups excluding carboxylic acids is 1. The highest BCUT2D eigenvalue weighted by molar-refractivity contribution is 5.78. The highest BCUT2D eigenvalue weighted by atomic mass is 16.1. The molecule has 0 saturated carbocycles. The van der Waals surface area contributed by atoms with Crippen molar-refractivity contribution in [1.82, 2.24) is 25.5 Å². The lowest BCUT2D eigenvalue weighted by Crippen LogP contribution is -2.30. The molecule has 0 saturated heterocycles. The monoisotopic (exact) mass is 259 g/mol. The normalized spacial score (nSPS) is 12.4. The first-order chi connectivity index (χ1) is 9.08. The average molecular weight is 259 g/mol. The fourth-order valence-electron chi connectivity index (χ4n) is 1.55. The molecule has 0 aromatic carbocycles. The predicted octanol–water partition coefficient (Wildman–Crippen LogP) is 1.70. The zero-order valence-corrected chi connectivity index (χ0v) is 11.2. The minimum Gasteiger partial charge on any atom is -0.346 e. The van der Waals surface area contributed by atoms with E-state index < -0.39 is 0 Å². The van der Waals surface area contributed by atoms with Gasteiger partial charge in [-0.1, -0.05) is 13.8 Å². The Morgan fingerprint density at radius 2 is 1.95 bits per heavy atom. The maximum absolute atomic E-state index is 11.6. The molecule has 0 unspecified atom stereocenters. The second-order valence-corrected chi connectivity index (χ2v) is 4.67. The zero-order valence-electron chi connectivity index (χ0n) is 11.2. The smallest absolute Gasteiger partial charge is 0.223 e. The molecule has 2 heterocycles. The number of hydrogen-bond donors (Lipinski definition) is 2. The van der Waals surface area contributed by atoms with Crippen molar-refractivity contribution in [2.45, 2.75) is 26.8 Å². The van der Waals surface area contributed by atoms with Gasteiger partial charge in [-0.25, -0.2) is 4.98 Å². The largest absolute Gasteiger partial charge is 0.346 e. The van der Waals surface area contributed by atoms with Gasteiger partial charge in [-0.05, 0) is 19.1 Å². The molecule has 2 N–H and O–H groups in total. The maximum atomic E-state index is 11.6. The summed E-state index contributed by atoms with van der Waals surface area (Å²) in [4.78, 5) is 20.0. The Kier molecular flexibility index (Phi) is 3.89. The standard InChI is InChI=1S/C13H17N5O/c1-8(2)13(19)15-9(3)11-16-12(18-17-11)10-4-6-14-7-5-10/h4-9H,1-3H3,(H,15,19)(H,16,17,18)/t9-/m1/s1. The van der Waals surface area contributed by atoms with E-state index in [1.807, 2.05) is 32.9 Å². The Hall–Kier alpha value is -2.24. The lowest BCUT2D eigenvalue weighted by molar-refractivity contribution is -0.124. The first kappa shape index (κ1) is 13.2. The van der Waals surface area contributed by atoms with Crippen LogP contribution in [-0.4, -0.2) is 26.1 Å². The number of carbonyl (C=O) groups is 1. The van der Waals surface area contributed by atoms with Crippen LogP contribution in [0.1, 0.15) is 32.6 Å². The van der Waals surface area contributed by atoms with Gasteiger partial charge in [0.25, 0.3) is 0 Å². The van der Waals surface area contributed by atoms with Gasteiger partial charge in [0, 0.05) is 23.9 Å². The summed E-state index contributed by atoms with van der Waals surface area (Å²) in [5.74, 6) is 1.18. The Labute approximate surface area is 111 Å². The zero-order chi connectivity index (χ0) is 13.8. The molecule has 19 heavy (non-hydrogen) atoms. The van der Waals surface area contributed by atoms with E-state index in [1.165, 1.54) is 0 Å². The lowest BCUT2D eigenvalue weighted by atomic mass is 10.2. The van der Waals surface area contributed by atoms with Gasteiger partial charge in [-0.2, -0.15) is 5.10 Å². The number of H-pyrrole nitrogens is 1. The average Bonchev–Trinajstić information content (AvgIpc) is 2.89. The van der Waals surface area contributed by atoms with E-state index in [2.05, 4.69) is 25.5 Å². The number of hydrogen-bond acceptors (Lipinski definition) is 4. The van der Waals surface area contributed by atoms with Crippen LogP contribution in [0.4, 0.5) is 0 Å². The van der Waals surface area contributed by atoms with E-state index in [0.29, 0.717) is 11.6 Å². The number of nitrogens with zero attached hydrogens (tertiary/aromatic N) is 3. The molecule has 2 aromatic heterocycles. The van der Waals surface area contributed by atoms with Gasteiger partial charge in [0.2, 0.25) is 5.91 Å². The van der Waals surface area contributed by atoms with Crippen molar-refractivity contribution in [2.24, 2.45) is 5.92 Å². The van der Waals surface area contributed by atoms with E-state index in [-0.39, 0.29) is 17.9 Å². The molecule has 0 bridgehead atoms. The SMILES string of the molecule is CC(C)C(=O)N[C@H](C)c1nc(-c2ccncc2)n[nH]1. The van der Waals surface area contributed by atoms with E-state index in [4.69, 9.17) is 0 Å². The third kappa shape index (κ3) is 3.15. The number of rotatable bonds is 4. The molecule has 0 radical (unpaired) electrons. The van der Waals surface area contributed by atoms with Crippen LogP contribution in [0.2, 0.25) is 0 Å². The molecule has 1 atom stereocenters. The molecule has 0 fully saturated rings. The third-order valence-electron chi connectivity index (χ3n) is 2.73. The molecule has 100 valence electrons. The number of aromatic nitrogens is 4. The molecular formula is C13H17N5O. The summed E-state index contributed by atoms with van der Waals surface area (Å²) in [5, 5.41) is 9.87. The van der Waals surface area contributed by atoms with E-state index in [0.717, 1.165) is 5.56 Å². The van der Waals surface area contributed by atoms with Crippen LogP contribution in [0.25, 0.3) is 11.4 Å². The highest BCUT2D eigenvalue weighted by Gasteiger charge is 2.16. The molecule has 0 aliphatic rings. The van der Waals surface area contributed by atoms with Crippen LogP contribution < -0.4 is 5.32 Å². The van der Waals surface area contributed by atoms with Crippen molar-refractivity contribution < 1.29 is 4.79 Å². The quantitative estimate of drug-likeness (QED) is 0.875. The van der Waals surface area contributed by atoms with Gasteiger partial charge in [-0.15, -0.1) is 0 Å². The van der Waals surface area contributed by atoms with E-state index in [9.17, 15) is 4.79 Å². The molecule has 6 nitrogen and oxygen atoms in total. The number of amides is 1. The predicted molar refractivity (Wildman–Crippen MR) is 71.0 cm³/mol. The van der Waals surface area contributed by atoms with E-state index in [1.54, 1.807) is 12.4 Å². The summed E-state index contributed by atoms with van der Waals surface area (Å²) in [6.07, 6.45) is 3.38. The minimum atomic E-state index is -0.196. The Morgan fingerprint density at radius 1 is 1.26 bits per heavy atom. The van der Waals surface area contributed by atoms with Crippen LogP contribution in [0.15, 0.2) is 24.5 Å². The van der Waals surface area contributed by atoms with Crippen molar-refractivity contribution in [1.29, 1.82) is 0 Å². The number of aromatic amines is 1. The van der Waals surface area contributed by atoms with Gasteiger partial charge in [-0.3, -0.25) is 14.9 Å². The minimum absolute atomic E-state index is 0.00522. The molecule has 0 spiro atoms. The van der Waals surface area contributed by atoms with Crippen LogP contribution in [0, 0.1) is 5.92 Å². The van der Waals surface area contributed by atoms with Crippen LogP contribution in [0.5, 0.6) is 0 Å². The summed E-state index contributed by atoms with van der Waals surface area (Å²) in [5.41, 5.74) is 0.889. The first-order valence-electron chi connectivity index (χ1n) is 6.21. The fourth-order valence-corrected chi connectivity index (χ4v) is 1.55. The van der Waals surface area contributed by atoms with Crippen molar-refractivity contribution in [3.63, 3.8) is 0 Å². The fraction of sp³-hybridized carbons (Fsp3) is 0.385. The topological polar surface area (TPSA) is 83.6 Å². The molecular weight excluding hydrogens is 242 g/mol. The van der Waals surface area contributed by atoms with Crippen molar-refractivity contribution >= 4 is 5.91 Å². The molecule has 2 aromatic rings. The molecule has 2 rings (SSSR count). The highest BCUT2D eigenvalue weighted by Crippen LogP contribution is 2.15. The van der Waals surface area contributed by atoms with Crippen molar-refractivity contribution in [3.05, 3.63) is 30.4 Å². The van der Waals surface area contributed by atoms with Crippen LogP contribution >= 0.6 is 0 Å². The lowest BCUT2D eigenvalue weighted by Gasteiger charge is -2.12. The summed E-state index contributed by atoms with van der Waals surface area (Å²) in [7, 11) is 0. The van der Waals surface area contributed by atoms with Gasteiger partial charge in [0.15, 0.2) is 5.82 Å². The molecule has 6 heteroatoms. The van der Waals surface area contributed by atoms with Crippen molar-refractivity contribution in [3.8, 4) is 11.4 Å². The second kappa shape index (κ2) is 5.60. The Bertz CT molecular complexity index is 549. The Balaban J connectivity index is 2.11. The van der Waals surface area contributed by atoms with Gasteiger partial charge >= 0.3 is 0 Å². The first-order valence-corrected chi connectivity index (χ1v) is 6.21. The maximum Gasteiger partial charge on any atom is 0.223 e. The summed E-state index contributed by atoms with van der Waals surface area (Å²) in [6, 6.07) is 3.48. The van der Waals surface area contributed by atoms with Crippen LogP contribution in [0.3, 0.4) is 0 Å². The molecule has 0 aliphatic carbocycles. The van der Waals surface area contributed by atoms with Gasteiger partial charge in [0.1, 0.15) is 5.82 Å². The molecule has 0 aliphatic heterocycles. The van der Waals surface area contributed by atoms with Gasteiger partial charge in [0.05, 0.1) is 6.04 Å². The van der Waals surface area contributed by atoms with Crippen molar-refractivity contribution in [2.75, 3.05) is 0 Å². The summed E-state index contributed by atoms with van der Waals surface area (Å²) >= 11 is 0. The molecule has 1 amide bonds. The third-order valence-corrected chi connectivity index (χ3v) is 2.73. The Morgan fingerprint density at radius 3 is 2.58 bits per heavy atom. The van der Waals surface area contributed by atoms with Gasteiger partial charge < -0.3 is 5.32 Å². The van der Waals surface area contributed by atoms with Crippen LogP contribution in [-0.2, 0) is 4.79 Å². The van der Waals surface area contributed by atoms with E-state index >= 15 is 0 Å². The second-order valence-electron chi connectivity index (χ2n) is 4.67.